The molecule has 2 aromatic carbocycles. The molecule has 0 aliphatic heterocycles. The van der Waals surface area contributed by atoms with Crippen LogP contribution in [0.2, 0.25) is 0 Å². The molecule has 1 fully saturated rings. The van der Waals surface area contributed by atoms with Crippen LogP contribution in [0.5, 0.6) is 5.88 Å². The van der Waals surface area contributed by atoms with Gasteiger partial charge >= 0.3 is 0 Å². The van der Waals surface area contributed by atoms with Gasteiger partial charge in [0.05, 0.1) is 32.6 Å². The van der Waals surface area contributed by atoms with E-state index in [1.165, 1.54) is 7.11 Å². The van der Waals surface area contributed by atoms with E-state index in [1.807, 2.05) is 0 Å². The van der Waals surface area contributed by atoms with Crippen LogP contribution >= 0.6 is 0 Å². The van der Waals surface area contributed by atoms with Crippen LogP contribution in [0.1, 0.15) is 38.1 Å². The number of hydrogen-bond donors (Lipinski definition) is 2. The van der Waals surface area contributed by atoms with Crippen molar-refractivity contribution in [2.75, 3.05) is 17.6 Å². The number of halogens is 2. The number of rotatable bonds is 6. The molecular weight excluding hydrogens is 512 g/mol. The zero-order valence-electron chi connectivity index (χ0n) is 20.7. The van der Waals surface area contributed by atoms with Crippen molar-refractivity contribution in [1.29, 1.82) is 0 Å². The van der Waals surface area contributed by atoms with E-state index in [9.17, 15) is 17.8 Å². The third kappa shape index (κ3) is 4.81. The minimum Gasteiger partial charge on any atom is -0.480 e. The summed E-state index contributed by atoms with van der Waals surface area (Å²) in [5, 5.41) is 0.418. The maximum atomic E-state index is 14.4. The fourth-order valence-corrected chi connectivity index (χ4v) is 6.18. The molecule has 1 aliphatic rings. The molecule has 0 bridgehead atoms. The highest BCUT2D eigenvalue weighted by atomic mass is 32.2. The van der Waals surface area contributed by atoms with Gasteiger partial charge in [0.2, 0.25) is 11.8 Å². The summed E-state index contributed by atoms with van der Waals surface area (Å²) in [6, 6.07) is 9.57. The van der Waals surface area contributed by atoms with Gasteiger partial charge < -0.3 is 15.2 Å². The summed E-state index contributed by atoms with van der Waals surface area (Å²) >= 11 is 0. The zero-order valence-corrected chi connectivity index (χ0v) is 21.6. The van der Waals surface area contributed by atoms with Crippen molar-refractivity contribution in [3.63, 3.8) is 0 Å². The second-order valence-electron chi connectivity index (χ2n) is 9.30. The molecule has 0 saturated heterocycles. The predicted molar refractivity (Wildman–Crippen MR) is 146 cm³/mol. The van der Waals surface area contributed by atoms with Crippen molar-refractivity contribution >= 4 is 38.1 Å². The number of nitrogens with zero attached hydrogens (tertiary/aromatic N) is 3. The maximum absolute atomic E-state index is 14.4. The molecule has 38 heavy (non-hydrogen) atoms. The van der Waals surface area contributed by atoms with E-state index in [2.05, 4.69) is 20.6 Å². The molecule has 5 rings (SSSR count). The number of nitrogen functional groups attached to an aromatic ring is 1. The lowest BCUT2D eigenvalue weighted by atomic mass is 9.95. The first kappa shape index (κ1) is 25.7. The molecule has 0 amide bonds. The monoisotopic (exact) mass is 539 g/mol. The lowest BCUT2D eigenvalue weighted by Crippen LogP contribution is -2.29. The second-order valence-corrected chi connectivity index (χ2v) is 11.3. The SMILES string of the molecule is C=S(=O)(Nc1cc(-c2ccc3nc(N)n(C4CCCCC4)c(=O)c3c2)cnc1OC)c1ccc(F)cc1F. The van der Waals surface area contributed by atoms with Crippen LogP contribution in [0.3, 0.4) is 0 Å². The number of nitrogens with two attached hydrogens (primary N) is 1. The molecule has 11 heteroatoms. The number of benzene rings is 2. The van der Waals surface area contributed by atoms with E-state index in [-0.39, 0.29) is 34.0 Å². The second kappa shape index (κ2) is 10.1. The zero-order chi connectivity index (χ0) is 27.0. The predicted octanol–water partition coefficient (Wildman–Crippen LogP) is 4.94. The normalized spacial score (nSPS) is 15.8. The highest BCUT2D eigenvalue weighted by molar-refractivity contribution is 8.01. The van der Waals surface area contributed by atoms with Crippen LogP contribution in [0, 0.1) is 11.6 Å². The largest absolute Gasteiger partial charge is 0.480 e. The Kier molecular flexibility index (Phi) is 6.78. The third-order valence-corrected chi connectivity index (χ3v) is 8.36. The van der Waals surface area contributed by atoms with Gasteiger partial charge in [0.1, 0.15) is 17.3 Å². The topological polar surface area (TPSA) is 112 Å². The number of aromatic nitrogens is 3. The molecule has 0 spiro atoms. The van der Waals surface area contributed by atoms with Gasteiger partial charge in [-0.25, -0.2) is 23.0 Å². The van der Waals surface area contributed by atoms with Gasteiger partial charge in [0.15, 0.2) is 0 Å². The first-order chi connectivity index (χ1) is 18.2. The lowest BCUT2D eigenvalue weighted by Gasteiger charge is -2.25. The van der Waals surface area contributed by atoms with Gasteiger partial charge in [-0.1, -0.05) is 25.3 Å². The summed E-state index contributed by atoms with van der Waals surface area (Å²) in [5.41, 5.74) is 7.88. The Bertz CT molecular complexity index is 1700. The van der Waals surface area contributed by atoms with Crippen LogP contribution in [-0.4, -0.2) is 31.7 Å². The minimum atomic E-state index is -3.45. The maximum Gasteiger partial charge on any atom is 0.263 e. The first-order valence-corrected chi connectivity index (χ1v) is 13.9. The highest BCUT2D eigenvalue weighted by Crippen LogP contribution is 2.33. The number of hydrogen-bond acceptors (Lipinski definition) is 6. The van der Waals surface area contributed by atoms with Crippen LogP contribution in [-0.2, 0) is 9.71 Å². The average Bonchev–Trinajstić information content (AvgIpc) is 2.88. The van der Waals surface area contributed by atoms with Gasteiger partial charge in [-0.05, 0) is 54.6 Å². The van der Waals surface area contributed by atoms with Crippen molar-refractivity contribution in [3.8, 4) is 17.0 Å². The standard InChI is InChI=1S/C27H27F2N5O3S/c1-37-25-23(33-38(2,36)24-11-9-18(28)14-21(24)29)13-17(15-31-25)16-8-10-22-20(12-16)26(35)34(27(30)32-22)19-6-4-3-5-7-19/h8-15,19H,2-7H2,1H3,(H2,30,32)(H,33,36). The summed E-state index contributed by atoms with van der Waals surface area (Å²) in [6.07, 6.45) is 6.53. The Morgan fingerprint density at radius 3 is 2.58 bits per heavy atom. The van der Waals surface area contributed by atoms with Crippen LogP contribution in [0.4, 0.5) is 20.4 Å². The molecular formula is C27H27F2N5O3S. The summed E-state index contributed by atoms with van der Waals surface area (Å²) in [7, 11) is -2.06. The van der Waals surface area contributed by atoms with Gasteiger partial charge in [-0.3, -0.25) is 9.36 Å². The number of ether oxygens (including phenoxy) is 1. The molecule has 8 nitrogen and oxygen atoms in total. The van der Waals surface area contributed by atoms with E-state index in [1.54, 1.807) is 35.0 Å². The van der Waals surface area contributed by atoms with Crippen LogP contribution < -0.4 is 20.8 Å². The molecule has 4 aromatic rings. The van der Waals surface area contributed by atoms with Crippen LogP contribution in [0.25, 0.3) is 22.0 Å². The van der Waals surface area contributed by atoms with Crippen molar-refractivity contribution < 1.29 is 17.7 Å². The molecule has 0 radical (unpaired) electrons. The van der Waals surface area contributed by atoms with Crippen molar-refractivity contribution in [2.45, 2.75) is 43.0 Å². The molecule has 1 saturated carbocycles. The Balaban J connectivity index is 1.56. The molecule has 1 atom stereocenters. The fraction of sp³-hybridized carbons (Fsp3) is 0.259. The molecule has 2 heterocycles. The van der Waals surface area contributed by atoms with Gasteiger partial charge in [0.25, 0.3) is 5.56 Å². The summed E-state index contributed by atoms with van der Waals surface area (Å²) in [4.78, 5) is 22.0. The van der Waals surface area contributed by atoms with Crippen molar-refractivity contribution in [3.05, 3.63) is 70.6 Å². The minimum absolute atomic E-state index is 0.0207. The van der Waals surface area contributed by atoms with Gasteiger partial charge in [-0.2, -0.15) is 0 Å². The molecule has 2 aromatic heterocycles. The Morgan fingerprint density at radius 1 is 1.11 bits per heavy atom. The number of pyridine rings is 1. The van der Waals surface area contributed by atoms with Crippen molar-refractivity contribution in [1.82, 2.24) is 14.5 Å². The first-order valence-electron chi connectivity index (χ1n) is 12.1. The molecule has 198 valence electrons. The molecule has 3 N–H and O–H groups in total. The smallest absolute Gasteiger partial charge is 0.263 e. The molecule has 1 aliphatic carbocycles. The van der Waals surface area contributed by atoms with Crippen molar-refractivity contribution in [2.24, 2.45) is 0 Å². The number of fused-ring (bicyclic) bond motifs is 1. The van der Waals surface area contributed by atoms with E-state index >= 15 is 0 Å². The number of nitrogens with one attached hydrogen (secondary N) is 1. The Hall–Kier alpha value is -3.99. The summed E-state index contributed by atoms with van der Waals surface area (Å²) < 4.78 is 50.6. The van der Waals surface area contributed by atoms with E-state index < -0.39 is 21.3 Å². The summed E-state index contributed by atoms with van der Waals surface area (Å²) in [5.74, 6) is 2.15. The third-order valence-electron chi connectivity index (χ3n) is 6.77. The van der Waals surface area contributed by atoms with E-state index in [4.69, 9.17) is 10.5 Å². The fourth-order valence-electron chi connectivity index (χ4n) is 4.91. The van der Waals surface area contributed by atoms with Crippen LogP contribution in [0.15, 0.2) is 58.4 Å². The van der Waals surface area contributed by atoms with Gasteiger partial charge in [0, 0.05) is 23.9 Å². The highest BCUT2D eigenvalue weighted by Gasteiger charge is 2.21. The quantitative estimate of drug-likeness (QED) is 0.336. The number of methoxy groups -OCH3 is 1. The summed E-state index contributed by atoms with van der Waals surface area (Å²) in [6.45, 7) is 0. The average molecular weight is 540 g/mol. The molecule has 1 unspecified atom stereocenters. The van der Waals surface area contributed by atoms with E-state index in [0.29, 0.717) is 28.1 Å². The number of anilines is 2. The Labute approximate surface area is 218 Å². The van der Waals surface area contributed by atoms with E-state index in [0.717, 1.165) is 44.2 Å². The lowest BCUT2D eigenvalue weighted by molar-refractivity contribution is 0.349. The Morgan fingerprint density at radius 2 is 1.87 bits per heavy atom. The van der Waals surface area contributed by atoms with Gasteiger partial charge in [-0.15, -0.1) is 0 Å².